The predicted octanol–water partition coefficient (Wildman–Crippen LogP) is 3.11. The van der Waals surface area contributed by atoms with Crippen LogP contribution in [0.15, 0.2) is 42.8 Å². The lowest BCUT2D eigenvalue weighted by molar-refractivity contribution is 0.460. The molecule has 4 nitrogen and oxygen atoms in total. The summed E-state index contributed by atoms with van der Waals surface area (Å²) in [6, 6.07) is 8.85. The number of aromatic nitrogens is 2. The molecule has 0 saturated carbocycles. The summed E-state index contributed by atoms with van der Waals surface area (Å²) in [6.07, 6.45) is 4.49. The van der Waals surface area contributed by atoms with Gasteiger partial charge in [0.05, 0.1) is 11.4 Å². The molecular formula is C20H26N4. The van der Waals surface area contributed by atoms with Crippen LogP contribution in [0.5, 0.6) is 0 Å². The van der Waals surface area contributed by atoms with Gasteiger partial charge in [-0.25, -0.2) is 0 Å². The van der Waals surface area contributed by atoms with Crippen LogP contribution in [0, 0.1) is 6.92 Å². The van der Waals surface area contributed by atoms with Crippen LogP contribution in [0.1, 0.15) is 41.1 Å². The predicted molar refractivity (Wildman–Crippen MR) is 98.6 cm³/mol. The number of rotatable bonds is 5. The molecule has 0 bridgehead atoms. The maximum atomic E-state index is 4.38. The minimum Gasteiger partial charge on any atom is -0.374 e. The molecule has 3 rings (SSSR count). The summed E-state index contributed by atoms with van der Waals surface area (Å²) in [7, 11) is 1.94. The minimum atomic E-state index is 0.683. The smallest absolute Gasteiger partial charge is 0.0843 e. The molecule has 0 unspecified atom stereocenters. The third-order valence-electron chi connectivity index (χ3n) is 4.76. The van der Waals surface area contributed by atoms with Gasteiger partial charge in [0.15, 0.2) is 0 Å². The SMILES string of the molecule is C=C=C(NCc1cn(C)nc1C)c1ccc(C2CCNCC2)cc1. The van der Waals surface area contributed by atoms with Crippen LogP contribution in [0.25, 0.3) is 5.70 Å². The second kappa shape index (κ2) is 7.52. The Morgan fingerprint density at radius 2 is 2.04 bits per heavy atom. The van der Waals surface area contributed by atoms with Gasteiger partial charge in [-0.05, 0) is 44.3 Å². The zero-order chi connectivity index (χ0) is 16.9. The Kier molecular flexibility index (Phi) is 5.19. The molecule has 0 radical (unpaired) electrons. The van der Waals surface area contributed by atoms with E-state index in [2.05, 4.69) is 52.3 Å². The van der Waals surface area contributed by atoms with E-state index < -0.39 is 0 Å². The highest BCUT2D eigenvalue weighted by atomic mass is 15.2. The number of hydrogen-bond donors (Lipinski definition) is 2. The van der Waals surface area contributed by atoms with Crippen molar-refractivity contribution in [3.8, 4) is 0 Å². The number of hydrogen-bond acceptors (Lipinski definition) is 3. The Bertz CT molecular complexity index is 729. The summed E-state index contributed by atoms with van der Waals surface area (Å²) in [6.45, 7) is 8.84. The summed E-state index contributed by atoms with van der Waals surface area (Å²) in [5, 5.41) is 11.2. The molecule has 1 fully saturated rings. The Labute approximate surface area is 144 Å². The molecular weight excluding hydrogens is 296 g/mol. The Hall–Kier alpha value is -2.29. The van der Waals surface area contributed by atoms with E-state index in [1.807, 2.05) is 24.9 Å². The van der Waals surface area contributed by atoms with Crippen LogP contribution in [-0.2, 0) is 13.6 Å². The van der Waals surface area contributed by atoms with Crippen molar-refractivity contribution in [2.24, 2.45) is 7.05 Å². The largest absolute Gasteiger partial charge is 0.374 e. The fourth-order valence-corrected chi connectivity index (χ4v) is 3.35. The molecule has 0 amide bonds. The number of piperidine rings is 1. The standard InChI is InChI=1S/C20H26N4/c1-4-20(22-13-19-14-24(3)23-15(19)2)18-7-5-16(6-8-18)17-9-11-21-12-10-17/h5-8,14,17,21-22H,1,9-13H2,2-3H3. The Morgan fingerprint density at radius 3 is 2.62 bits per heavy atom. The second-order valence-electron chi connectivity index (χ2n) is 6.47. The van der Waals surface area contributed by atoms with E-state index >= 15 is 0 Å². The molecule has 0 atom stereocenters. The Morgan fingerprint density at radius 1 is 1.33 bits per heavy atom. The summed E-state index contributed by atoms with van der Waals surface area (Å²) < 4.78 is 1.84. The zero-order valence-corrected chi connectivity index (χ0v) is 14.6. The van der Waals surface area contributed by atoms with Gasteiger partial charge in [0.25, 0.3) is 0 Å². The molecule has 1 aromatic heterocycles. The molecule has 2 aromatic rings. The quantitative estimate of drug-likeness (QED) is 0.831. The Balaban J connectivity index is 1.67. The van der Waals surface area contributed by atoms with Crippen molar-refractivity contribution in [2.45, 2.75) is 32.2 Å². The highest BCUT2D eigenvalue weighted by Crippen LogP contribution is 2.26. The molecule has 1 aliphatic heterocycles. The van der Waals surface area contributed by atoms with E-state index in [0.717, 1.165) is 36.6 Å². The monoisotopic (exact) mass is 322 g/mol. The molecule has 2 heterocycles. The van der Waals surface area contributed by atoms with Crippen molar-refractivity contribution in [1.82, 2.24) is 20.4 Å². The van der Waals surface area contributed by atoms with Crippen molar-refractivity contribution in [3.05, 3.63) is 65.2 Å². The van der Waals surface area contributed by atoms with Gasteiger partial charge in [0, 0.05) is 30.9 Å². The maximum Gasteiger partial charge on any atom is 0.0843 e. The number of benzene rings is 1. The molecule has 1 saturated heterocycles. The molecule has 0 spiro atoms. The van der Waals surface area contributed by atoms with Crippen LogP contribution in [0.3, 0.4) is 0 Å². The normalized spacial score (nSPS) is 15.1. The van der Waals surface area contributed by atoms with E-state index in [0.29, 0.717) is 5.92 Å². The lowest BCUT2D eigenvalue weighted by Gasteiger charge is -2.23. The van der Waals surface area contributed by atoms with Crippen LogP contribution >= 0.6 is 0 Å². The van der Waals surface area contributed by atoms with Gasteiger partial charge >= 0.3 is 0 Å². The molecule has 1 aromatic carbocycles. The second-order valence-corrected chi connectivity index (χ2v) is 6.47. The topological polar surface area (TPSA) is 41.9 Å². The third-order valence-corrected chi connectivity index (χ3v) is 4.76. The first-order valence-electron chi connectivity index (χ1n) is 8.61. The van der Waals surface area contributed by atoms with Crippen molar-refractivity contribution in [3.63, 3.8) is 0 Å². The summed E-state index contributed by atoms with van der Waals surface area (Å²) in [4.78, 5) is 0. The van der Waals surface area contributed by atoms with E-state index in [-0.39, 0.29) is 0 Å². The molecule has 126 valence electrons. The van der Waals surface area contributed by atoms with Crippen molar-refractivity contribution < 1.29 is 0 Å². The third kappa shape index (κ3) is 3.78. The molecule has 4 heteroatoms. The highest BCUT2D eigenvalue weighted by Gasteiger charge is 2.15. The van der Waals surface area contributed by atoms with Gasteiger partial charge in [0.1, 0.15) is 0 Å². The van der Waals surface area contributed by atoms with Gasteiger partial charge in [-0.1, -0.05) is 30.8 Å². The molecule has 1 aliphatic rings. The van der Waals surface area contributed by atoms with Crippen molar-refractivity contribution >= 4 is 5.70 Å². The molecule has 0 aliphatic carbocycles. The van der Waals surface area contributed by atoms with E-state index in [1.165, 1.54) is 24.0 Å². The van der Waals surface area contributed by atoms with Crippen molar-refractivity contribution in [2.75, 3.05) is 13.1 Å². The lowest BCUT2D eigenvalue weighted by Crippen LogP contribution is -2.26. The summed E-state index contributed by atoms with van der Waals surface area (Å²) in [5.74, 6) is 0.683. The first-order chi connectivity index (χ1) is 11.7. The van der Waals surface area contributed by atoms with Crippen molar-refractivity contribution in [1.29, 1.82) is 0 Å². The van der Waals surface area contributed by atoms with E-state index in [9.17, 15) is 0 Å². The van der Waals surface area contributed by atoms with Crippen LogP contribution in [0.4, 0.5) is 0 Å². The zero-order valence-electron chi connectivity index (χ0n) is 14.6. The fraction of sp³-hybridized carbons (Fsp3) is 0.400. The van der Waals surface area contributed by atoms with Crippen LogP contribution < -0.4 is 10.6 Å². The minimum absolute atomic E-state index is 0.683. The number of nitrogens with one attached hydrogen (secondary N) is 2. The average Bonchev–Trinajstić information content (AvgIpc) is 2.94. The molecule has 24 heavy (non-hydrogen) atoms. The number of nitrogens with zero attached hydrogens (tertiary/aromatic N) is 2. The van der Waals surface area contributed by atoms with Gasteiger partial charge in [-0.2, -0.15) is 5.10 Å². The summed E-state index contributed by atoms with van der Waals surface area (Å²) in [5.41, 5.74) is 8.78. The first kappa shape index (κ1) is 16.6. The fourth-order valence-electron chi connectivity index (χ4n) is 3.35. The molecule has 2 N–H and O–H groups in total. The number of aryl methyl sites for hydroxylation is 2. The first-order valence-corrected chi connectivity index (χ1v) is 8.61. The van der Waals surface area contributed by atoms with Gasteiger partial charge < -0.3 is 10.6 Å². The average molecular weight is 322 g/mol. The van der Waals surface area contributed by atoms with E-state index in [1.54, 1.807) is 0 Å². The van der Waals surface area contributed by atoms with Gasteiger partial charge in [-0.15, -0.1) is 5.73 Å². The summed E-state index contributed by atoms with van der Waals surface area (Å²) >= 11 is 0. The van der Waals surface area contributed by atoms with Gasteiger partial charge in [-0.3, -0.25) is 4.68 Å². The van der Waals surface area contributed by atoms with Crippen LogP contribution in [0.2, 0.25) is 0 Å². The highest BCUT2D eigenvalue weighted by molar-refractivity contribution is 5.63. The van der Waals surface area contributed by atoms with E-state index in [4.69, 9.17) is 0 Å². The maximum absolute atomic E-state index is 4.38. The van der Waals surface area contributed by atoms with Crippen LogP contribution in [-0.4, -0.2) is 22.9 Å². The lowest BCUT2D eigenvalue weighted by atomic mass is 9.89. The van der Waals surface area contributed by atoms with Gasteiger partial charge in [0.2, 0.25) is 0 Å².